The van der Waals surface area contributed by atoms with Crippen molar-refractivity contribution in [3.63, 3.8) is 0 Å². The molecule has 3 nitrogen and oxygen atoms in total. The zero-order valence-electron chi connectivity index (χ0n) is 9.25. The number of halogens is 4. The van der Waals surface area contributed by atoms with Gasteiger partial charge in [-0.1, -0.05) is 15.9 Å². The predicted molar refractivity (Wildman–Crippen MR) is 66.2 cm³/mol. The van der Waals surface area contributed by atoms with Gasteiger partial charge in [0.05, 0.1) is 11.9 Å². The van der Waals surface area contributed by atoms with Crippen molar-refractivity contribution in [3.8, 4) is 0 Å². The number of carbonyl (C=O) groups is 1. The van der Waals surface area contributed by atoms with Gasteiger partial charge in [0.15, 0.2) is 0 Å². The third kappa shape index (κ3) is 3.11. The van der Waals surface area contributed by atoms with E-state index in [1.807, 2.05) is 0 Å². The Morgan fingerprint density at radius 2 is 1.79 bits per heavy atom. The van der Waals surface area contributed by atoms with E-state index < -0.39 is 29.1 Å². The largest absolute Gasteiger partial charge is 0.320 e. The van der Waals surface area contributed by atoms with Crippen LogP contribution in [0.3, 0.4) is 0 Å². The molecule has 0 atom stereocenters. The maximum Gasteiger partial charge on any atom is 0.261 e. The fourth-order valence-electron chi connectivity index (χ4n) is 1.40. The van der Waals surface area contributed by atoms with Gasteiger partial charge in [-0.05, 0) is 24.3 Å². The third-order valence-electron chi connectivity index (χ3n) is 2.22. The van der Waals surface area contributed by atoms with Crippen LogP contribution in [0.25, 0.3) is 0 Å². The number of nitrogens with zero attached hydrogens (tertiary/aromatic N) is 1. The molecule has 1 N–H and O–H groups in total. The van der Waals surface area contributed by atoms with E-state index in [1.165, 1.54) is 6.07 Å². The molecule has 0 aliphatic rings. The van der Waals surface area contributed by atoms with E-state index >= 15 is 0 Å². The first-order chi connectivity index (χ1) is 8.97. The molecule has 0 saturated carbocycles. The Hall–Kier alpha value is -1.89. The van der Waals surface area contributed by atoms with Crippen molar-refractivity contribution in [2.45, 2.75) is 0 Å². The smallest absolute Gasteiger partial charge is 0.261 e. The number of aromatic nitrogens is 1. The van der Waals surface area contributed by atoms with Crippen LogP contribution in [-0.2, 0) is 0 Å². The molecule has 98 valence electrons. The van der Waals surface area contributed by atoms with E-state index in [2.05, 4.69) is 26.2 Å². The Kier molecular flexibility index (Phi) is 3.84. The molecular formula is C12H6BrF3N2O. The molecule has 0 aliphatic carbocycles. The molecule has 1 aromatic heterocycles. The first kappa shape index (κ1) is 13.5. The highest BCUT2D eigenvalue weighted by Crippen LogP contribution is 2.20. The second-order valence-electron chi connectivity index (χ2n) is 3.57. The van der Waals surface area contributed by atoms with Crippen LogP contribution >= 0.6 is 15.9 Å². The van der Waals surface area contributed by atoms with Crippen LogP contribution in [0.5, 0.6) is 0 Å². The van der Waals surface area contributed by atoms with Crippen molar-refractivity contribution in [2.75, 3.05) is 5.32 Å². The van der Waals surface area contributed by atoms with Crippen molar-refractivity contribution in [1.82, 2.24) is 4.98 Å². The standard InChI is InChI=1S/C12H6BrF3N2O/c13-6-3-8(14)11(9(15)4-6)12(19)18-7-1-2-10(16)17-5-7/h1-5H,(H,18,19). The number of nitrogens with one attached hydrogen (secondary N) is 1. The first-order valence-electron chi connectivity index (χ1n) is 5.05. The Morgan fingerprint density at radius 3 is 2.32 bits per heavy atom. The SMILES string of the molecule is O=C(Nc1ccc(F)nc1)c1c(F)cc(Br)cc1F. The van der Waals surface area contributed by atoms with Crippen molar-refractivity contribution >= 4 is 27.5 Å². The summed E-state index contributed by atoms with van der Waals surface area (Å²) in [7, 11) is 0. The minimum absolute atomic E-state index is 0.133. The van der Waals surface area contributed by atoms with E-state index in [1.54, 1.807) is 0 Å². The molecule has 0 unspecified atom stereocenters. The van der Waals surface area contributed by atoms with Crippen molar-refractivity contribution in [3.05, 3.63) is 58.1 Å². The van der Waals surface area contributed by atoms with Gasteiger partial charge in [-0.15, -0.1) is 0 Å². The van der Waals surface area contributed by atoms with Gasteiger partial charge in [-0.25, -0.2) is 13.8 Å². The Labute approximate surface area is 114 Å². The van der Waals surface area contributed by atoms with Gasteiger partial charge in [-0.3, -0.25) is 4.79 Å². The monoisotopic (exact) mass is 330 g/mol. The molecule has 0 spiro atoms. The van der Waals surface area contributed by atoms with E-state index in [0.29, 0.717) is 0 Å². The molecule has 1 heterocycles. The summed E-state index contributed by atoms with van der Waals surface area (Å²) in [6.45, 7) is 0. The summed E-state index contributed by atoms with van der Waals surface area (Å²) in [6.07, 6.45) is 1.04. The molecule has 0 radical (unpaired) electrons. The van der Waals surface area contributed by atoms with Gasteiger partial charge >= 0.3 is 0 Å². The molecule has 19 heavy (non-hydrogen) atoms. The summed E-state index contributed by atoms with van der Waals surface area (Å²) in [5, 5.41) is 2.22. The number of hydrogen-bond donors (Lipinski definition) is 1. The van der Waals surface area contributed by atoms with E-state index in [4.69, 9.17) is 0 Å². The van der Waals surface area contributed by atoms with Crippen LogP contribution < -0.4 is 5.32 Å². The number of pyridine rings is 1. The van der Waals surface area contributed by atoms with Gasteiger partial charge in [-0.2, -0.15) is 4.39 Å². The van der Waals surface area contributed by atoms with Gasteiger partial charge in [0.2, 0.25) is 5.95 Å². The Balaban J connectivity index is 2.28. The fourth-order valence-corrected chi connectivity index (χ4v) is 1.80. The van der Waals surface area contributed by atoms with E-state index in [9.17, 15) is 18.0 Å². The molecule has 2 rings (SSSR count). The molecule has 7 heteroatoms. The zero-order chi connectivity index (χ0) is 14.0. The topological polar surface area (TPSA) is 42.0 Å². The lowest BCUT2D eigenvalue weighted by molar-refractivity contribution is 0.101. The van der Waals surface area contributed by atoms with Gasteiger partial charge in [0, 0.05) is 4.47 Å². The van der Waals surface area contributed by atoms with Crippen molar-refractivity contribution < 1.29 is 18.0 Å². The quantitative estimate of drug-likeness (QED) is 0.856. The average Bonchev–Trinajstić information content (AvgIpc) is 2.30. The van der Waals surface area contributed by atoms with Gasteiger partial charge < -0.3 is 5.32 Å². The lowest BCUT2D eigenvalue weighted by Gasteiger charge is -2.07. The van der Waals surface area contributed by atoms with Gasteiger partial charge in [0.1, 0.15) is 17.2 Å². The van der Waals surface area contributed by atoms with Crippen LogP contribution in [0.2, 0.25) is 0 Å². The number of rotatable bonds is 2. The van der Waals surface area contributed by atoms with Crippen molar-refractivity contribution in [1.29, 1.82) is 0 Å². The number of anilines is 1. The molecule has 0 aliphatic heterocycles. The molecule has 0 bridgehead atoms. The molecule has 1 aromatic carbocycles. The van der Waals surface area contributed by atoms with Crippen LogP contribution in [0.4, 0.5) is 18.9 Å². The molecular weight excluding hydrogens is 325 g/mol. The summed E-state index contributed by atoms with van der Waals surface area (Å²) in [5.74, 6) is -3.70. The highest BCUT2D eigenvalue weighted by Gasteiger charge is 2.18. The summed E-state index contributed by atoms with van der Waals surface area (Å²) in [4.78, 5) is 15.0. The van der Waals surface area contributed by atoms with Crippen LogP contribution in [0, 0.1) is 17.6 Å². The predicted octanol–water partition coefficient (Wildman–Crippen LogP) is 3.51. The minimum atomic E-state index is -1.00. The summed E-state index contributed by atoms with van der Waals surface area (Å²) >= 11 is 2.91. The van der Waals surface area contributed by atoms with Crippen LogP contribution in [0.1, 0.15) is 10.4 Å². The molecule has 0 saturated heterocycles. The average molecular weight is 331 g/mol. The highest BCUT2D eigenvalue weighted by molar-refractivity contribution is 9.10. The van der Waals surface area contributed by atoms with Crippen LogP contribution in [0.15, 0.2) is 34.9 Å². The fraction of sp³-hybridized carbons (Fsp3) is 0. The Bertz CT molecular complexity index is 608. The number of benzene rings is 1. The number of amides is 1. The normalized spacial score (nSPS) is 10.3. The summed E-state index contributed by atoms with van der Waals surface area (Å²) < 4.78 is 39.8. The number of carbonyl (C=O) groups excluding carboxylic acids is 1. The van der Waals surface area contributed by atoms with Crippen molar-refractivity contribution in [2.24, 2.45) is 0 Å². The minimum Gasteiger partial charge on any atom is -0.320 e. The zero-order valence-corrected chi connectivity index (χ0v) is 10.8. The number of hydrogen-bond acceptors (Lipinski definition) is 2. The first-order valence-corrected chi connectivity index (χ1v) is 5.84. The Morgan fingerprint density at radius 1 is 1.16 bits per heavy atom. The second-order valence-corrected chi connectivity index (χ2v) is 4.48. The molecule has 0 fully saturated rings. The third-order valence-corrected chi connectivity index (χ3v) is 2.68. The van der Waals surface area contributed by atoms with Gasteiger partial charge in [0.25, 0.3) is 5.91 Å². The molecule has 2 aromatic rings. The lowest BCUT2D eigenvalue weighted by atomic mass is 10.2. The lowest BCUT2D eigenvalue weighted by Crippen LogP contribution is -2.16. The summed E-state index contributed by atoms with van der Waals surface area (Å²) in [6, 6.07) is 4.20. The van der Waals surface area contributed by atoms with Crippen LogP contribution in [-0.4, -0.2) is 10.9 Å². The van der Waals surface area contributed by atoms with E-state index in [0.717, 1.165) is 24.4 Å². The maximum atomic E-state index is 13.5. The second kappa shape index (κ2) is 5.40. The molecule has 1 amide bonds. The summed E-state index contributed by atoms with van der Waals surface area (Å²) in [5.41, 5.74) is -0.583. The van der Waals surface area contributed by atoms with E-state index in [-0.39, 0.29) is 10.2 Å². The highest BCUT2D eigenvalue weighted by atomic mass is 79.9. The maximum absolute atomic E-state index is 13.5.